The summed E-state index contributed by atoms with van der Waals surface area (Å²) in [5.74, 6) is 0.678. The number of likely N-dealkylation sites (tertiary alicyclic amines) is 2. The minimum Gasteiger partial charge on any atom is -0.343 e. The minimum absolute atomic E-state index is 0.117. The van der Waals surface area contributed by atoms with Crippen LogP contribution < -0.4 is 5.32 Å². The second-order valence-electron chi connectivity index (χ2n) is 6.99. The molecule has 0 spiro atoms. The lowest BCUT2D eigenvalue weighted by molar-refractivity contribution is -0.133. The lowest BCUT2D eigenvalue weighted by Crippen LogP contribution is -2.42. The van der Waals surface area contributed by atoms with Crippen molar-refractivity contribution in [2.45, 2.75) is 38.5 Å². The first-order chi connectivity index (χ1) is 12.1. The molecule has 5 nitrogen and oxygen atoms in total. The van der Waals surface area contributed by atoms with Gasteiger partial charge in [0.05, 0.1) is 10.7 Å². The van der Waals surface area contributed by atoms with Gasteiger partial charge >= 0.3 is 6.03 Å². The van der Waals surface area contributed by atoms with Crippen molar-refractivity contribution in [3.63, 3.8) is 0 Å². The molecule has 6 heteroatoms. The molecule has 1 aromatic carbocycles. The van der Waals surface area contributed by atoms with E-state index in [4.69, 9.17) is 11.6 Å². The number of carbonyl (C=O) groups excluding carboxylic acids is 2. The SMILES string of the molecule is O=C(CC1CCN(C(=O)Nc2ccccc2Cl)CC1)N1CCCCC1. The molecule has 0 bridgehead atoms. The Hall–Kier alpha value is -1.75. The summed E-state index contributed by atoms with van der Waals surface area (Å²) in [6, 6.07) is 7.12. The van der Waals surface area contributed by atoms with Gasteiger partial charge in [-0.3, -0.25) is 4.79 Å². The predicted octanol–water partition coefficient (Wildman–Crippen LogP) is 3.99. The molecule has 2 aliphatic heterocycles. The van der Waals surface area contributed by atoms with Gasteiger partial charge in [-0.2, -0.15) is 0 Å². The Morgan fingerprint density at radius 2 is 1.68 bits per heavy atom. The number of halogens is 1. The molecule has 136 valence electrons. The molecule has 0 unspecified atom stereocenters. The number of urea groups is 1. The normalized spacial score (nSPS) is 18.9. The maximum atomic E-state index is 12.4. The van der Waals surface area contributed by atoms with Crippen LogP contribution in [0.25, 0.3) is 0 Å². The molecule has 3 rings (SSSR count). The zero-order valence-corrected chi connectivity index (χ0v) is 15.3. The van der Waals surface area contributed by atoms with Gasteiger partial charge in [0, 0.05) is 32.6 Å². The minimum atomic E-state index is -0.117. The third-order valence-corrected chi connectivity index (χ3v) is 5.52. The van der Waals surface area contributed by atoms with Gasteiger partial charge in [0.1, 0.15) is 0 Å². The van der Waals surface area contributed by atoms with E-state index in [0.717, 1.165) is 38.8 Å². The van der Waals surface area contributed by atoms with Crippen LogP contribution in [-0.4, -0.2) is 47.9 Å². The summed E-state index contributed by atoms with van der Waals surface area (Å²) in [6.07, 6.45) is 5.90. The molecule has 1 aromatic rings. The molecule has 2 saturated heterocycles. The second kappa shape index (κ2) is 8.56. The van der Waals surface area contributed by atoms with Crippen LogP contribution in [0.4, 0.5) is 10.5 Å². The highest BCUT2D eigenvalue weighted by Crippen LogP contribution is 2.25. The Bertz CT molecular complexity index is 608. The summed E-state index contributed by atoms with van der Waals surface area (Å²) >= 11 is 6.09. The van der Waals surface area contributed by atoms with Gasteiger partial charge < -0.3 is 15.1 Å². The van der Waals surface area contributed by atoms with E-state index in [2.05, 4.69) is 5.32 Å². The first-order valence-electron chi connectivity index (χ1n) is 9.22. The maximum Gasteiger partial charge on any atom is 0.321 e. The van der Waals surface area contributed by atoms with Crippen LogP contribution in [-0.2, 0) is 4.79 Å². The van der Waals surface area contributed by atoms with Gasteiger partial charge in [-0.05, 0) is 50.2 Å². The molecular formula is C19H26ClN3O2. The lowest BCUT2D eigenvalue weighted by atomic mass is 9.93. The van der Waals surface area contributed by atoms with Crippen molar-refractivity contribution in [2.24, 2.45) is 5.92 Å². The zero-order chi connectivity index (χ0) is 17.6. The highest BCUT2D eigenvalue weighted by Gasteiger charge is 2.26. The van der Waals surface area contributed by atoms with E-state index < -0.39 is 0 Å². The molecule has 2 fully saturated rings. The van der Waals surface area contributed by atoms with E-state index in [1.807, 2.05) is 21.9 Å². The average Bonchev–Trinajstić information content (AvgIpc) is 2.65. The van der Waals surface area contributed by atoms with E-state index in [9.17, 15) is 9.59 Å². The van der Waals surface area contributed by atoms with E-state index in [0.29, 0.717) is 42.0 Å². The van der Waals surface area contributed by atoms with Crippen molar-refractivity contribution in [3.05, 3.63) is 29.3 Å². The Morgan fingerprint density at radius 3 is 2.36 bits per heavy atom. The van der Waals surface area contributed by atoms with Crippen LogP contribution in [0.1, 0.15) is 38.5 Å². The Morgan fingerprint density at radius 1 is 1.00 bits per heavy atom. The van der Waals surface area contributed by atoms with Crippen LogP contribution in [0.5, 0.6) is 0 Å². The first-order valence-corrected chi connectivity index (χ1v) is 9.59. The molecule has 0 saturated carbocycles. The number of carbonyl (C=O) groups is 2. The molecule has 2 heterocycles. The molecular weight excluding hydrogens is 338 g/mol. The molecule has 0 aliphatic carbocycles. The molecule has 0 atom stereocenters. The topological polar surface area (TPSA) is 52.7 Å². The van der Waals surface area contributed by atoms with Crippen molar-refractivity contribution in [3.8, 4) is 0 Å². The van der Waals surface area contributed by atoms with E-state index in [1.54, 1.807) is 12.1 Å². The fraction of sp³-hybridized carbons (Fsp3) is 0.579. The van der Waals surface area contributed by atoms with Gasteiger partial charge in [-0.25, -0.2) is 4.79 Å². The van der Waals surface area contributed by atoms with Gasteiger partial charge in [0.2, 0.25) is 5.91 Å². The molecule has 0 aromatic heterocycles. The third-order valence-electron chi connectivity index (χ3n) is 5.19. The summed E-state index contributed by atoms with van der Waals surface area (Å²) in [5, 5.41) is 3.41. The number of nitrogens with zero attached hydrogens (tertiary/aromatic N) is 2. The number of piperidine rings is 2. The largest absolute Gasteiger partial charge is 0.343 e. The Kier molecular flexibility index (Phi) is 6.19. The number of hydrogen-bond acceptors (Lipinski definition) is 2. The second-order valence-corrected chi connectivity index (χ2v) is 7.39. The standard InChI is InChI=1S/C19H26ClN3O2/c20-16-6-2-3-7-17(16)21-19(25)23-12-8-15(9-13-23)14-18(24)22-10-4-1-5-11-22/h2-3,6-7,15H,1,4-5,8-14H2,(H,21,25). The number of nitrogens with one attached hydrogen (secondary N) is 1. The summed E-state index contributed by atoms with van der Waals surface area (Å²) in [6.45, 7) is 3.21. The van der Waals surface area contributed by atoms with Gasteiger partial charge in [-0.1, -0.05) is 23.7 Å². The summed E-state index contributed by atoms with van der Waals surface area (Å²) in [5.41, 5.74) is 0.636. The van der Waals surface area contributed by atoms with E-state index >= 15 is 0 Å². The van der Waals surface area contributed by atoms with Crippen LogP contribution in [0.2, 0.25) is 5.02 Å². The quantitative estimate of drug-likeness (QED) is 0.882. The lowest BCUT2D eigenvalue weighted by Gasteiger charge is -2.33. The van der Waals surface area contributed by atoms with Crippen LogP contribution >= 0.6 is 11.6 Å². The molecule has 3 amide bonds. The van der Waals surface area contributed by atoms with E-state index in [1.165, 1.54) is 6.42 Å². The monoisotopic (exact) mass is 363 g/mol. The third kappa shape index (κ3) is 4.88. The maximum absolute atomic E-state index is 12.4. The van der Waals surface area contributed by atoms with Crippen LogP contribution in [0, 0.1) is 5.92 Å². The fourth-order valence-corrected chi connectivity index (χ4v) is 3.80. The van der Waals surface area contributed by atoms with Crippen molar-refractivity contribution in [1.82, 2.24) is 9.80 Å². The number of amides is 3. The Balaban J connectivity index is 1.44. The summed E-state index contributed by atoms with van der Waals surface area (Å²) < 4.78 is 0. The van der Waals surface area contributed by atoms with Crippen LogP contribution in [0.3, 0.4) is 0 Å². The summed E-state index contributed by atoms with van der Waals surface area (Å²) in [7, 11) is 0. The van der Waals surface area contributed by atoms with Crippen molar-refractivity contribution >= 4 is 29.2 Å². The predicted molar refractivity (Wildman–Crippen MR) is 99.8 cm³/mol. The smallest absolute Gasteiger partial charge is 0.321 e. The van der Waals surface area contributed by atoms with Crippen molar-refractivity contribution < 1.29 is 9.59 Å². The van der Waals surface area contributed by atoms with Gasteiger partial charge in [0.25, 0.3) is 0 Å². The fourth-order valence-electron chi connectivity index (χ4n) is 3.62. The molecule has 0 radical (unpaired) electrons. The average molecular weight is 364 g/mol. The van der Waals surface area contributed by atoms with Gasteiger partial charge in [0.15, 0.2) is 0 Å². The van der Waals surface area contributed by atoms with E-state index in [-0.39, 0.29) is 6.03 Å². The number of para-hydroxylation sites is 1. The number of anilines is 1. The van der Waals surface area contributed by atoms with Crippen molar-refractivity contribution in [1.29, 1.82) is 0 Å². The highest BCUT2D eigenvalue weighted by atomic mass is 35.5. The highest BCUT2D eigenvalue weighted by molar-refractivity contribution is 6.33. The number of benzene rings is 1. The first kappa shape index (κ1) is 18.1. The molecule has 1 N–H and O–H groups in total. The van der Waals surface area contributed by atoms with Crippen LogP contribution in [0.15, 0.2) is 24.3 Å². The van der Waals surface area contributed by atoms with Crippen molar-refractivity contribution in [2.75, 3.05) is 31.5 Å². The van der Waals surface area contributed by atoms with Gasteiger partial charge in [-0.15, -0.1) is 0 Å². The Labute approximate surface area is 154 Å². The number of rotatable bonds is 3. The molecule has 25 heavy (non-hydrogen) atoms. The zero-order valence-electron chi connectivity index (χ0n) is 14.5. The summed E-state index contributed by atoms with van der Waals surface area (Å²) in [4.78, 5) is 28.6. The molecule has 2 aliphatic rings. The number of hydrogen-bond donors (Lipinski definition) is 1.